The van der Waals surface area contributed by atoms with Crippen LogP contribution in [0.2, 0.25) is 0 Å². The van der Waals surface area contributed by atoms with Crippen LogP contribution in [-0.2, 0) is 25.9 Å². The maximum absolute atomic E-state index is 4.66. The van der Waals surface area contributed by atoms with Crippen LogP contribution in [-0.4, -0.2) is 31.1 Å². The molecule has 2 aromatic rings. The van der Waals surface area contributed by atoms with Gasteiger partial charge in [0.15, 0.2) is 0 Å². The molecule has 0 amide bonds. The first-order valence-electron chi connectivity index (χ1n) is 7.90. The topological polar surface area (TPSA) is 60.6 Å². The zero-order valence-corrected chi connectivity index (χ0v) is 13.5. The molecular weight excluding hydrogens is 264 g/mol. The third kappa shape index (κ3) is 3.50. The van der Waals surface area contributed by atoms with Crippen molar-refractivity contribution in [2.24, 2.45) is 0 Å². The van der Waals surface area contributed by atoms with Crippen molar-refractivity contribution in [2.45, 2.75) is 59.7 Å². The number of nitrogens with zero attached hydrogens (tertiary/aromatic N) is 5. The van der Waals surface area contributed by atoms with E-state index in [1.807, 2.05) is 4.68 Å². The molecule has 6 heteroatoms. The second-order valence-corrected chi connectivity index (χ2v) is 5.04. The minimum atomic E-state index is 0.220. The van der Waals surface area contributed by atoms with E-state index < -0.39 is 0 Å². The van der Waals surface area contributed by atoms with E-state index in [1.165, 1.54) is 5.69 Å². The average Bonchev–Trinajstić information content (AvgIpc) is 3.12. The summed E-state index contributed by atoms with van der Waals surface area (Å²) in [5.74, 6) is 1.02. The molecule has 1 N–H and O–H groups in total. The van der Waals surface area contributed by atoms with Crippen molar-refractivity contribution in [1.29, 1.82) is 0 Å². The van der Waals surface area contributed by atoms with Crippen LogP contribution in [0.3, 0.4) is 0 Å². The zero-order valence-electron chi connectivity index (χ0n) is 13.5. The molecule has 0 spiro atoms. The molecule has 2 aromatic heterocycles. The predicted molar refractivity (Wildman–Crippen MR) is 83.1 cm³/mol. The maximum Gasteiger partial charge on any atom is 0.138 e. The lowest BCUT2D eigenvalue weighted by atomic mass is 10.1. The second-order valence-electron chi connectivity index (χ2n) is 5.04. The van der Waals surface area contributed by atoms with Gasteiger partial charge >= 0.3 is 0 Å². The number of hydrogen-bond acceptors (Lipinski definition) is 4. The van der Waals surface area contributed by atoms with Crippen LogP contribution < -0.4 is 5.32 Å². The standard InChI is InChI=1S/C15H26N6/c1-5-12-9-14(20(7-3)19-12)13(16-6-2)10-15-17-11-18-21(15)8-4/h9,11,13,16H,5-8,10H2,1-4H3. The predicted octanol–water partition coefficient (Wildman–Crippen LogP) is 1.97. The normalized spacial score (nSPS) is 12.8. The van der Waals surface area contributed by atoms with Gasteiger partial charge in [-0.2, -0.15) is 10.2 Å². The molecule has 0 saturated carbocycles. The largest absolute Gasteiger partial charge is 0.309 e. The van der Waals surface area contributed by atoms with E-state index in [1.54, 1.807) is 6.33 Å². The van der Waals surface area contributed by atoms with E-state index >= 15 is 0 Å². The van der Waals surface area contributed by atoms with Crippen LogP contribution in [0.5, 0.6) is 0 Å². The van der Waals surface area contributed by atoms with Crippen LogP contribution in [0.4, 0.5) is 0 Å². The number of rotatable bonds is 8. The fourth-order valence-electron chi connectivity index (χ4n) is 2.61. The third-order valence-electron chi connectivity index (χ3n) is 3.71. The Bertz CT molecular complexity index is 556. The fraction of sp³-hybridized carbons (Fsp3) is 0.667. The molecule has 0 aromatic carbocycles. The summed E-state index contributed by atoms with van der Waals surface area (Å²) in [6.07, 6.45) is 3.43. The van der Waals surface area contributed by atoms with E-state index in [0.29, 0.717) is 0 Å². The molecule has 1 atom stereocenters. The van der Waals surface area contributed by atoms with Crippen molar-refractivity contribution in [3.8, 4) is 0 Å². The quantitative estimate of drug-likeness (QED) is 0.807. The van der Waals surface area contributed by atoms with E-state index in [0.717, 1.165) is 44.0 Å². The number of likely N-dealkylation sites (N-methyl/N-ethyl adjacent to an activating group) is 1. The first-order valence-corrected chi connectivity index (χ1v) is 7.90. The summed E-state index contributed by atoms with van der Waals surface area (Å²) in [5, 5.41) is 12.5. The van der Waals surface area contributed by atoms with Gasteiger partial charge in [0.2, 0.25) is 0 Å². The summed E-state index contributed by atoms with van der Waals surface area (Å²) in [7, 11) is 0. The molecule has 0 aliphatic heterocycles. The molecule has 0 bridgehead atoms. The van der Waals surface area contributed by atoms with E-state index in [9.17, 15) is 0 Å². The van der Waals surface area contributed by atoms with Crippen molar-refractivity contribution < 1.29 is 0 Å². The lowest BCUT2D eigenvalue weighted by Crippen LogP contribution is -2.27. The maximum atomic E-state index is 4.66. The van der Waals surface area contributed by atoms with Crippen molar-refractivity contribution in [3.05, 3.63) is 29.6 Å². The number of hydrogen-bond donors (Lipinski definition) is 1. The Hall–Kier alpha value is -1.69. The molecule has 21 heavy (non-hydrogen) atoms. The summed E-state index contributed by atoms with van der Waals surface area (Å²) < 4.78 is 4.05. The minimum Gasteiger partial charge on any atom is -0.309 e. The molecular formula is C15H26N6. The van der Waals surface area contributed by atoms with Crippen LogP contribution >= 0.6 is 0 Å². The van der Waals surface area contributed by atoms with E-state index in [4.69, 9.17) is 0 Å². The van der Waals surface area contributed by atoms with Gasteiger partial charge in [0.1, 0.15) is 12.2 Å². The molecule has 2 rings (SSSR count). The smallest absolute Gasteiger partial charge is 0.138 e. The summed E-state index contributed by atoms with van der Waals surface area (Å²) in [6, 6.07) is 2.43. The Labute approximate surface area is 126 Å². The van der Waals surface area contributed by atoms with Gasteiger partial charge in [-0.15, -0.1) is 0 Å². The highest BCUT2D eigenvalue weighted by Crippen LogP contribution is 2.19. The van der Waals surface area contributed by atoms with Crippen molar-refractivity contribution in [2.75, 3.05) is 6.54 Å². The fourth-order valence-corrected chi connectivity index (χ4v) is 2.61. The van der Waals surface area contributed by atoms with Gasteiger partial charge in [0.25, 0.3) is 0 Å². The van der Waals surface area contributed by atoms with E-state index in [-0.39, 0.29) is 6.04 Å². The lowest BCUT2D eigenvalue weighted by Gasteiger charge is -2.18. The first-order chi connectivity index (χ1) is 10.2. The summed E-state index contributed by atoms with van der Waals surface area (Å²) in [5.41, 5.74) is 2.38. The van der Waals surface area contributed by atoms with Crippen LogP contribution in [0, 0.1) is 0 Å². The number of aromatic nitrogens is 5. The number of nitrogens with one attached hydrogen (secondary N) is 1. The average molecular weight is 290 g/mol. The zero-order chi connectivity index (χ0) is 15.2. The molecule has 6 nitrogen and oxygen atoms in total. The second kappa shape index (κ2) is 7.36. The molecule has 1 unspecified atom stereocenters. The molecule has 0 radical (unpaired) electrons. The summed E-state index contributed by atoms with van der Waals surface area (Å²) in [4.78, 5) is 4.40. The number of aryl methyl sites for hydroxylation is 3. The Morgan fingerprint density at radius 1 is 1.14 bits per heavy atom. The monoisotopic (exact) mass is 290 g/mol. The Morgan fingerprint density at radius 2 is 1.90 bits per heavy atom. The molecule has 116 valence electrons. The van der Waals surface area contributed by atoms with Crippen LogP contribution in [0.15, 0.2) is 12.4 Å². The Kier molecular flexibility index (Phi) is 5.50. The highest BCUT2D eigenvalue weighted by Gasteiger charge is 2.19. The summed E-state index contributed by atoms with van der Waals surface area (Å²) >= 11 is 0. The van der Waals surface area contributed by atoms with Gasteiger partial charge in [0.05, 0.1) is 17.4 Å². The van der Waals surface area contributed by atoms with Crippen LogP contribution in [0.25, 0.3) is 0 Å². The SMILES string of the molecule is CCNC(Cc1ncnn1CC)c1cc(CC)nn1CC. The van der Waals surface area contributed by atoms with Crippen molar-refractivity contribution in [3.63, 3.8) is 0 Å². The molecule has 0 aliphatic rings. The van der Waals surface area contributed by atoms with E-state index in [2.05, 4.69) is 58.9 Å². The Morgan fingerprint density at radius 3 is 2.52 bits per heavy atom. The molecule has 2 heterocycles. The highest BCUT2D eigenvalue weighted by atomic mass is 15.3. The molecule has 0 aliphatic carbocycles. The molecule has 0 saturated heterocycles. The minimum absolute atomic E-state index is 0.220. The van der Waals surface area contributed by atoms with Gasteiger partial charge in [0, 0.05) is 19.5 Å². The highest BCUT2D eigenvalue weighted by molar-refractivity contribution is 5.16. The van der Waals surface area contributed by atoms with Gasteiger partial charge in [-0.1, -0.05) is 13.8 Å². The summed E-state index contributed by atoms with van der Waals surface area (Å²) in [6.45, 7) is 11.1. The van der Waals surface area contributed by atoms with Gasteiger partial charge in [-0.3, -0.25) is 9.36 Å². The van der Waals surface area contributed by atoms with Crippen molar-refractivity contribution in [1.82, 2.24) is 29.9 Å². The van der Waals surface area contributed by atoms with Crippen molar-refractivity contribution >= 4 is 0 Å². The molecule has 0 fully saturated rings. The Balaban J connectivity index is 2.28. The lowest BCUT2D eigenvalue weighted by molar-refractivity contribution is 0.468. The van der Waals surface area contributed by atoms with Gasteiger partial charge < -0.3 is 5.32 Å². The van der Waals surface area contributed by atoms with Gasteiger partial charge in [-0.05, 0) is 32.9 Å². The third-order valence-corrected chi connectivity index (χ3v) is 3.71. The van der Waals surface area contributed by atoms with Gasteiger partial charge in [-0.25, -0.2) is 4.98 Å². The van der Waals surface area contributed by atoms with Crippen LogP contribution in [0.1, 0.15) is 50.9 Å². The first kappa shape index (κ1) is 15.7.